The highest BCUT2D eigenvalue weighted by Crippen LogP contribution is 2.51. The number of fused-ring (bicyclic) bond motifs is 1. The molecule has 0 aliphatic carbocycles. The molecule has 2 aliphatic heterocycles. The van der Waals surface area contributed by atoms with Crippen LogP contribution in [0.15, 0.2) is 63.4 Å². The number of hydrazine groups is 1. The van der Waals surface area contributed by atoms with E-state index in [0.29, 0.717) is 32.2 Å². The minimum atomic E-state index is -4.09. The molecular formula is C27H35N5O5S4. The number of carbonyl (C=O) groups excluding carboxylic acids is 2. The van der Waals surface area contributed by atoms with Crippen molar-refractivity contribution in [3.63, 3.8) is 0 Å². The Labute approximate surface area is 255 Å². The Kier molecular flexibility index (Phi) is 12.1. The molecule has 2 aromatic carbocycles. The van der Waals surface area contributed by atoms with Crippen molar-refractivity contribution in [2.24, 2.45) is 0 Å². The molecule has 0 spiro atoms. The largest absolute Gasteiger partial charge is 0.334 e. The molecular weight excluding hydrogens is 603 g/mol. The molecule has 10 nitrogen and oxygen atoms in total. The predicted octanol–water partition coefficient (Wildman–Crippen LogP) is 4.92. The Hall–Kier alpha value is -2.62. The molecule has 0 bridgehead atoms. The van der Waals surface area contributed by atoms with Gasteiger partial charge in [0.15, 0.2) is 4.32 Å². The van der Waals surface area contributed by atoms with Crippen LogP contribution in [-0.4, -0.2) is 65.9 Å². The van der Waals surface area contributed by atoms with Gasteiger partial charge >= 0.3 is 0 Å². The van der Waals surface area contributed by atoms with Crippen LogP contribution in [0, 0.1) is 0 Å². The number of benzene rings is 2. The van der Waals surface area contributed by atoms with Gasteiger partial charge in [-0.2, -0.15) is 8.42 Å². The standard InChI is InChI=1S/C21H20N4O5S4.C6H15N/c1-13(26)22-23-14-7-9-15(10-8-14)25-19(27)18(33-21(25)31)20-24(11-4-12-34(28,29)30)16-5-2-3-6-17(16)32-20;1-4-7(5-2)6-3/h2-3,5-10,23H,4,11-12H2,1H3,(H,22,26)(H,28,29,30);4-6H2,1-3H3. The van der Waals surface area contributed by atoms with E-state index in [4.69, 9.17) is 16.8 Å². The molecule has 1 saturated heterocycles. The second-order valence-corrected chi connectivity index (χ2v) is 13.2. The first-order valence-corrected chi connectivity index (χ1v) is 16.8. The van der Waals surface area contributed by atoms with Crippen LogP contribution in [0.2, 0.25) is 0 Å². The van der Waals surface area contributed by atoms with E-state index in [9.17, 15) is 18.0 Å². The zero-order chi connectivity index (χ0) is 30.2. The number of nitrogens with one attached hydrogen (secondary N) is 2. The zero-order valence-electron chi connectivity index (χ0n) is 23.4. The van der Waals surface area contributed by atoms with E-state index in [1.807, 2.05) is 29.2 Å². The van der Waals surface area contributed by atoms with Crippen LogP contribution < -0.4 is 20.7 Å². The van der Waals surface area contributed by atoms with Crippen molar-refractivity contribution in [3.05, 3.63) is 58.5 Å². The summed E-state index contributed by atoms with van der Waals surface area (Å²) < 4.78 is 31.9. The molecule has 0 radical (unpaired) electrons. The lowest BCUT2D eigenvalue weighted by atomic mass is 10.2. The third-order valence-electron chi connectivity index (χ3n) is 6.21. The fourth-order valence-corrected chi connectivity index (χ4v) is 7.20. The number of anilines is 3. The summed E-state index contributed by atoms with van der Waals surface area (Å²) in [4.78, 5) is 31.6. The predicted molar refractivity (Wildman–Crippen MR) is 173 cm³/mol. The first-order chi connectivity index (χ1) is 19.5. The number of hydrogen-bond donors (Lipinski definition) is 3. The molecule has 14 heteroatoms. The van der Waals surface area contributed by atoms with Gasteiger partial charge in [-0.1, -0.05) is 68.6 Å². The summed E-state index contributed by atoms with van der Waals surface area (Å²) in [6.45, 7) is 11.8. The Balaban J connectivity index is 0.000000587. The van der Waals surface area contributed by atoms with E-state index in [1.54, 1.807) is 24.3 Å². The number of rotatable bonds is 10. The summed E-state index contributed by atoms with van der Waals surface area (Å²) in [5.41, 5.74) is 7.35. The van der Waals surface area contributed by atoms with E-state index >= 15 is 0 Å². The third-order valence-corrected chi connectivity index (χ3v) is 9.68. The van der Waals surface area contributed by atoms with Crippen molar-refractivity contribution in [1.29, 1.82) is 0 Å². The van der Waals surface area contributed by atoms with Crippen LogP contribution in [-0.2, 0) is 19.7 Å². The Morgan fingerprint density at radius 1 is 1.02 bits per heavy atom. The molecule has 0 aromatic heterocycles. The molecule has 0 atom stereocenters. The molecule has 41 heavy (non-hydrogen) atoms. The van der Waals surface area contributed by atoms with Crippen molar-refractivity contribution in [2.75, 3.05) is 47.2 Å². The minimum Gasteiger partial charge on any atom is -0.334 e. The van der Waals surface area contributed by atoms with E-state index < -0.39 is 10.1 Å². The second kappa shape index (κ2) is 15.0. The van der Waals surface area contributed by atoms with Crippen LogP contribution >= 0.6 is 35.7 Å². The summed E-state index contributed by atoms with van der Waals surface area (Å²) in [5, 5.41) is 0.681. The van der Waals surface area contributed by atoms with Gasteiger partial charge in [0.25, 0.3) is 16.0 Å². The summed E-state index contributed by atoms with van der Waals surface area (Å²) in [5.74, 6) is -0.875. The Morgan fingerprint density at radius 2 is 1.66 bits per heavy atom. The van der Waals surface area contributed by atoms with Crippen LogP contribution in [0.4, 0.5) is 17.1 Å². The summed E-state index contributed by atoms with van der Waals surface area (Å²) in [7, 11) is -4.09. The van der Waals surface area contributed by atoms with Gasteiger partial charge in [-0.15, -0.1) is 0 Å². The number of thiocarbonyl (C=S) groups is 1. The Bertz CT molecular complexity index is 1390. The highest BCUT2D eigenvalue weighted by atomic mass is 32.2. The number of nitrogens with zero attached hydrogens (tertiary/aromatic N) is 3. The van der Waals surface area contributed by atoms with Crippen molar-refractivity contribution in [2.45, 2.75) is 39.0 Å². The molecule has 2 aliphatic rings. The number of hydrogen-bond acceptors (Lipinski definition) is 10. The highest BCUT2D eigenvalue weighted by molar-refractivity contribution is 8.27. The van der Waals surface area contributed by atoms with Crippen molar-refractivity contribution >= 4 is 79.1 Å². The van der Waals surface area contributed by atoms with Gasteiger partial charge < -0.3 is 9.80 Å². The average molecular weight is 638 g/mol. The van der Waals surface area contributed by atoms with Gasteiger partial charge in [-0.05, 0) is 62.5 Å². The normalized spacial score (nSPS) is 16.5. The quantitative estimate of drug-likeness (QED) is 0.142. The van der Waals surface area contributed by atoms with Gasteiger partial charge in [-0.25, -0.2) is 0 Å². The number of carbonyl (C=O) groups is 2. The van der Waals surface area contributed by atoms with Crippen molar-refractivity contribution < 1.29 is 22.6 Å². The number of thioether (sulfide) groups is 2. The van der Waals surface area contributed by atoms with E-state index in [1.165, 1.54) is 55.0 Å². The topological polar surface area (TPSA) is 122 Å². The van der Waals surface area contributed by atoms with Gasteiger partial charge in [0.1, 0.15) is 9.93 Å². The number of para-hydroxylation sites is 1. The summed E-state index contributed by atoms with van der Waals surface area (Å²) in [6, 6.07) is 14.5. The van der Waals surface area contributed by atoms with E-state index in [2.05, 4.69) is 36.5 Å². The SMILES string of the molecule is CC(=O)NNc1ccc(N2C(=O)C(=C3Sc4ccccc4N3CCCS(=O)(=O)O)SC2=S)cc1.CCN(CC)CC. The average Bonchev–Trinajstić information content (AvgIpc) is 3.44. The molecule has 0 unspecified atom stereocenters. The third kappa shape index (κ3) is 8.93. The van der Waals surface area contributed by atoms with Crippen molar-refractivity contribution in [3.8, 4) is 0 Å². The van der Waals surface area contributed by atoms with Crippen LogP contribution in [0.3, 0.4) is 0 Å². The molecule has 4 rings (SSSR count). The molecule has 3 N–H and O–H groups in total. The molecule has 0 saturated carbocycles. The van der Waals surface area contributed by atoms with E-state index in [-0.39, 0.29) is 24.0 Å². The van der Waals surface area contributed by atoms with Crippen LogP contribution in [0.5, 0.6) is 0 Å². The highest BCUT2D eigenvalue weighted by Gasteiger charge is 2.39. The second-order valence-electron chi connectivity index (χ2n) is 8.98. The maximum Gasteiger partial charge on any atom is 0.273 e. The van der Waals surface area contributed by atoms with Crippen LogP contribution in [0.1, 0.15) is 34.1 Å². The molecule has 2 heterocycles. The van der Waals surface area contributed by atoms with Crippen molar-refractivity contribution in [1.82, 2.24) is 10.3 Å². The maximum absolute atomic E-state index is 13.4. The monoisotopic (exact) mass is 637 g/mol. The molecule has 222 valence electrons. The molecule has 2 aromatic rings. The summed E-state index contributed by atoms with van der Waals surface area (Å²) in [6.07, 6.45) is 0.195. The fraction of sp³-hybridized carbons (Fsp3) is 0.370. The lowest BCUT2D eigenvalue weighted by molar-refractivity contribution is -0.118. The van der Waals surface area contributed by atoms with Gasteiger partial charge in [0.05, 0.1) is 22.8 Å². The van der Waals surface area contributed by atoms with Gasteiger partial charge in [-0.3, -0.25) is 29.9 Å². The Morgan fingerprint density at radius 3 is 2.22 bits per heavy atom. The zero-order valence-corrected chi connectivity index (χ0v) is 26.7. The lowest BCUT2D eigenvalue weighted by Gasteiger charge is -2.21. The lowest BCUT2D eigenvalue weighted by Crippen LogP contribution is -2.29. The molecule has 2 amide bonds. The van der Waals surface area contributed by atoms with Crippen LogP contribution in [0.25, 0.3) is 0 Å². The summed E-state index contributed by atoms with van der Waals surface area (Å²) >= 11 is 8.13. The van der Waals surface area contributed by atoms with Gasteiger partial charge in [0, 0.05) is 18.4 Å². The molecule has 1 fully saturated rings. The maximum atomic E-state index is 13.4. The minimum absolute atomic E-state index is 0.195. The van der Waals surface area contributed by atoms with Gasteiger partial charge in [0.2, 0.25) is 5.91 Å². The van der Waals surface area contributed by atoms with E-state index in [0.717, 1.165) is 10.6 Å². The fourth-order valence-electron chi connectivity index (χ4n) is 4.07. The number of amides is 2. The first kappa shape index (κ1) is 32.9. The first-order valence-electron chi connectivity index (χ1n) is 13.1. The smallest absolute Gasteiger partial charge is 0.273 e.